The monoisotopic (exact) mass is 535 g/mol. The summed E-state index contributed by atoms with van der Waals surface area (Å²) in [5, 5.41) is 12.8. The molecule has 206 valence electrons. The molecule has 2 atom stereocenters. The minimum atomic E-state index is -0.763. The summed E-state index contributed by atoms with van der Waals surface area (Å²) in [4.78, 5) is 29.2. The van der Waals surface area contributed by atoms with Gasteiger partial charge < -0.3 is 19.1 Å². The van der Waals surface area contributed by atoms with Crippen LogP contribution in [0.3, 0.4) is 0 Å². The summed E-state index contributed by atoms with van der Waals surface area (Å²) in [5.41, 5.74) is 2.68. The van der Waals surface area contributed by atoms with Gasteiger partial charge in [0.1, 0.15) is 23.3 Å². The van der Waals surface area contributed by atoms with Gasteiger partial charge in [0.25, 0.3) is 0 Å². The van der Waals surface area contributed by atoms with Gasteiger partial charge in [-0.1, -0.05) is 26.0 Å². The Balaban J connectivity index is 1.80. The second-order valence-corrected chi connectivity index (χ2v) is 10.9. The van der Waals surface area contributed by atoms with E-state index in [9.17, 15) is 19.1 Å². The van der Waals surface area contributed by atoms with E-state index < -0.39 is 29.9 Å². The number of carbonyl (C=O) groups is 2. The van der Waals surface area contributed by atoms with Crippen LogP contribution in [-0.4, -0.2) is 44.5 Å². The largest absolute Gasteiger partial charge is 0.458 e. The zero-order valence-corrected chi connectivity index (χ0v) is 22.8. The maximum Gasteiger partial charge on any atom is 0.412 e. The first-order valence-electron chi connectivity index (χ1n) is 12.9. The van der Waals surface area contributed by atoms with E-state index in [1.807, 2.05) is 30.5 Å². The lowest BCUT2D eigenvalue weighted by molar-refractivity contribution is -0.156. The summed E-state index contributed by atoms with van der Waals surface area (Å²) in [5.74, 6) is -0.0801. The van der Waals surface area contributed by atoms with Crippen LogP contribution in [0, 0.1) is 5.82 Å². The van der Waals surface area contributed by atoms with Crippen LogP contribution < -0.4 is 5.32 Å². The number of carbonyl (C=O) groups excluding carboxylic acids is 2. The van der Waals surface area contributed by atoms with Crippen molar-refractivity contribution in [2.24, 2.45) is 0 Å². The molecule has 0 unspecified atom stereocenters. The molecule has 4 rings (SSSR count). The fraction of sp³-hybridized carbons (Fsp3) is 0.367. The average Bonchev–Trinajstić information content (AvgIpc) is 3.21. The molecule has 2 N–H and O–H groups in total. The molecule has 39 heavy (non-hydrogen) atoms. The summed E-state index contributed by atoms with van der Waals surface area (Å²) in [7, 11) is 0. The van der Waals surface area contributed by atoms with Crippen LogP contribution in [0.1, 0.15) is 59.2 Å². The van der Waals surface area contributed by atoms with Gasteiger partial charge in [-0.2, -0.15) is 0 Å². The van der Waals surface area contributed by atoms with Crippen molar-refractivity contribution >= 4 is 23.9 Å². The number of hydrogen-bond acceptors (Lipinski definition) is 6. The molecule has 3 aromatic rings. The quantitative estimate of drug-likeness (QED) is 0.356. The summed E-state index contributed by atoms with van der Waals surface area (Å²) in [6.07, 6.45) is 1.86. The number of esters is 1. The molecule has 0 saturated carbocycles. The minimum absolute atomic E-state index is 0.00478. The predicted octanol–water partition coefficient (Wildman–Crippen LogP) is 6.36. The van der Waals surface area contributed by atoms with Gasteiger partial charge in [0.2, 0.25) is 0 Å². The lowest BCUT2D eigenvalue weighted by Gasteiger charge is -2.23. The zero-order chi connectivity index (χ0) is 28.3. The van der Waals surface area contributed by atoms with E-state index in [1.54, 1.807) is 57.3 Å². The van der Waals surface area contributed by atoms with Crippen molar-refractivity contribution in [1.29, 1.82) is 0 Å². The smallest absolute Gasteiger partial charge is 0.412 e. The minimum Gasteiger partial charge on any atom is -0.458 e. The van der Waals surface area contributed by atoms with Gasteiger partial charge in [0.05, 0.1) is 23.9 Å². The lowest BCUT2D eigenvalue weighted by atomic mass is 10.0. The topological polar surface area (TPSA) is 103 Å². The maximum atomic E-state index is 13.9. The molecule has 1 aromatic heterocycles. The molecule has 9 heteroatoms. The fourth-order valence-electron chi connectivity index (χ4n) is 4.37. The third kappa shape index (κ3) is 7.11. The Morgan fingerprint density at radius 1 is 1.21 bits per heavy atom. The van der Waals surface area contributed by atoms with Gasteiger partial charge in [-0.15, -0.1) is 0 Å². The summed E-state index contributed by atoms with van der Waals surface area (Å²) in [6.45, 7) is 9.40. The van der Waals surface area contributed by atoms with Gasteiger partial charge in [-0.3, -0.25) is 10.1 Å². The number of aliphatic hydroxyl groups is 1. The number of hydrogen-bond donors (Lipinski definition) is 2. The molecule has 1 aliphatic rings. The van der Waals surface area contributed by atoms with Crippen LogP contribution in [-0.2, 0) is 14.3 Å². The third-order valence-corrected chi connectivity index (χ3v) is 5.99. The lowest BCUT2D eigenvalue weighted by Crippen LogP contribution is -2.31. The average molecular weight is 536 g/mol. The number of benzene rings is 2. The van der Waals surface area contributed by atoms with E-state index >= 15 is 0 Å². The highest BCUT2D eigenvalue weighted by Crippen LogP contribution is 2.36. The molecule has 2 heterocycles. The molecule has 0 bridgehead atoms. The molecule has 0 spiro atoms. The number of nitrogens with zero attached hydrogens (tertiary/aromatic N) is 2. The number of rotatable bonds is 6. The highest BCUT2D eigenvalue weighted by Gasteiger charge is 2.26. The van der Waals surface area contributed by atoms with E-state index in [1.165, 1.54) is 12.1 Å². The van der Waals surface area contributed by atoms with Crippen molar-refractivity contribution in [1.82, 2.24) is 9.55 Å². The number of nitrogens with one attached hydrogen (secondary N) is 1. The zero-order valence-electron chi connectivity index (χ0n) is 22.8. The third-order valence-electron chi connectivity index (χ3n) is 5.99. The van der Waals surface area contributed by atoms with Gasteiger partial charge >= 0.3 is 12.1 Å². The molecule has 1 amide bonds. The van der Waals surface area contributed by atoms with Crippen molar-refractivity contribution in [2.75, 3.05) is 5.32 Å². The van der Waals surface area contributed by atoms with Crippen LogP contribution in [0.4, 0.5) is 14.9 Å². The normalized spacial score (nSPS) is 17.9. The first-order valence-corrected chi connectivity index (χ1v) is 12.9. The number of anilines is 1. The van der Waals surface area contributed by atoms with Crippen LogP contribution in [0.2, 0.25) is 0 Å². The SMILES string of the molecule is CC(C)c1nc(-c2cccc(NC(=O)OC(C)(C)C)c2)c(-c2ccc(F)cc2)n1/C=C/[C@@H]1C[C@@H](O)CC(=O)O1. The van der Waals surface area contributed by atoms with E-state index in [4.69, 9.17) is 14.5 Å². The van der Waals surface area contributed by atoms with Gasteiger partial charge in [-0.25, -0.2) is 14.2 Å². The first-order chi connectivity index (χ1) is 18.4. The predicted molar refractivity (Wildman–Crippen MR) is 147 cm³/mol. The van der Waals surface area contributed by atoms with Crippen molar-refractivity contribution in [3.05, 3.63) is 66.2 Å². The van der Waals surface area contributed by atoms with Crippen molar-refractivity contribution in [2.45, 2.75) is 71.2 Å². The van der Waals surface area contributed by atoms with E-state index in [0.29, 0.717) is 23.5 Å². The molecule has 8 nitrogen and oxygen atoms in total. The molecule has 1 saturated heterocycles. The highest BCUT2D eigenvalue weighted by atomic mass is 19.1. The van der Waals surface area contributed by atoms with Crippen LogP contribution >= 0.6 is 0 Å². The molecule has 2 aromatic carbocycles. The van der Waals surface area contributed by atoms with Gasteiger partial charge in [0, 0.05) is 35.4 Å². The summed E-state index contributed by atoms with van der Waals surface area (Å²) in [6, 6.07) is 13.4. The number of amides is 1. The fourth-order valence-corrected chi connectivity index (χ4v) is 4.37. The second kappa shape index (κ2) is 11.4. The molecule has 1 fully saturated rings. The van der Waals surface area contributed by atoms with Crippen molar-refractivity contribution < 1.29 is 28.6 Å². The molecular formula is C30H34FN3O5. The Hall–Kier alpha value is -3.98. The highest BCUT2D eigenvalue weighted by molar-refractivity contribution is 5.88. The van der Waals surface area contributed by atoms with Gasteiger partial charge in [0.15, 0.2) is 0 Å². The Labute approximate surface area is 227 Å². The Kier molecular flexibility index (Phi) is 8.20. The molecule has 0 radical (unpaired) electrons. The summed E-state index contributed by atoms with van der Waals surface area (Å²) < 4.78 is 26.5. The van der Waals surface area contributed by atoms with E-state index in [0.717, 1.165) is 17.0 Å². The number of cyclic esters (lactones) is 1. The Morgan fingerprint density at radius 2 is 1.92 bits per heavy atom. The number of aliphatic hydroxyl groups excluding tert-OH is 1. The van der Waals surface area contributed by atoms with E-state index in [-0.39, 0.29) is 18.2 Å². The standard InChI is InChI=1S/C30H34FN3O5/c1-18(2)28-33-26(20-7-6-8-22(15-20)32-29(37)39-30(3,4)5)27(19-9-11-21(31)12-10-19)34(28)14-13-24-16-23(35)17-25(36)38-24/h6-15,18,23-24,35H,16-17H2,1-5H3,(H,32,37)/b14-13+/t23-,24-/m1/s1. The number of ether oxygens (including phenoxy) is 2. The van der Waals surface area contributed by atoms with E-state index in [2.05, 4.69) is 5.32 Å². The molecule has 1 aliphatic heterocycles. The molecular weight excluding hydrogens is 501 g/mol. The number of imidazole rings is 1. The van der Waals surface area contributed by atoms with Crippen LogP contribution in [0.25, 0.3) is 28.7 Å². The van der Waals surface area contributed by atoms with Gasteiger partial charge in [-0.05, 0) is 63.2 Å². The maximum absolute atomic E-state index is 13.9. The van der Waals surface area contributed by atoms with Crippen molar-refractivity contribution in [3.63, 3.8) is 0 Å². The Morgan fingerprint density at radius 3 is 2.56 bits per heavy atom. The second-order valence-electron chi connectivity index (χ2n) is 10.9. The Bertz CT molecular complexity index is 1370. The molecule has 0 aliphatic carbocycles. The van der Waals surface area contributed by atoms with Crippen LogP contribution in [0.5, 0.6) is 0 Å². The number of halogens is 1. The summed E-state index contributed by atoms with van der Waals surface area (Å²) >= 11 is 0. The van der Waals surface area contributed by atoms with Crippen molar-refractivity contribution in [3.8, 4) is 22.5 Å². The first kappa shape index (κ1) is 28.0. The number of aromatic nitrogens is 2. The van der Waals surface area contributed by atoms with Crippen LogP contribution in [0.15, 0.2) is 54.6 Å².